The normalized spacial score (nSPS) is 10.4. The summed E-state index contributed by atoms with van der Waals surface area (Å²) in [5.41, 5.74) is 0.409. The fourth-order valence-corrected chi connectivity index (χ4v) is 2.69. The number of phenols is 1. The molecule has 0 aliphatic carbocycles. The smallest absolute Gasteiger partial charge is 0.342 e. The molecule has 0 bridgehead atoms. The minimum atomic E-state index is -0.792. The molecule has 0 fully saturated rings. The van der Waals surface area contributed by atoms with Gasteiger partial charge in [-0.05, 0) is 35.0 Å². The predicted molar refractivity (Wildman–Crippen MR) is 104 cm³/mol. The second-order valence-electron chi connectivity index (χ2n) is 5.91. The quantitative estimate of drug-likeness (QED) is 0.636. The molecule has 7 nitrogen and oxygen atoms in total. The summed E-state index contributed by atoms with van der Waals surface area (Å²) in [6, 6.07) is 15.2. The second kappa shape index (κ2) is 8.30. The van der Waals surface area contributed by atoms with Gasteiger partial charge in [0, 0.05) is 6.07 Å². The molecule has 28 heavy (non-hydrogen) atoms. The lowest BCUT2D eigenvalue weighted by Crippen LogP contribution is -2.21. The summed E-state index contributed by atoms with van der Waals surface area (Å²) in [6.45, 7) is -0.514. The van der Waals surface area contributed by atoms with Crippen LogP contribution in [0.3, 0.4) is 0 Å². The van der Waals surface area contributed by atoms with Gasteiger partial charge in [-0.1, -0.05) is 24.3 Å². The summed E-state index contributed by atoms with van der Waals surface area (Å²) >= 11 is 0. The van der Waals surface area contributed by atoms with Crippen LogP contribution in [0.15, 0.2) is 54.6 Å². The molecule has 1 amide bonds. The van der Waals surface area contributed by atoms with Crippen molar-refractivity contribution in [2.45, 2.75) is 0 Å². The second-order valence-corrected chi connectivity index (χ2v) is 5.91. The van der Waals surface area contributed by atoms with Gasteiger partial charge in [-0.25, -0.2) is 4.79 Å². The van der Waals surface area contributed by atoms with E-state index in [0.717, 1.165) is 10.8 Å². The molecular weight excluding hydrogens is 362 g/mol. The number of aromatic hydroxyl groups is 1. The third-order valence-electron chi connectivity index (χ3n) is 4.10. The first-order chi connectivity index (χ1) is 13.5. The number of fused-ring (bicyclic) bond motifs is 1. The summed E-state index contributed by atoms with van der Waals surface area (Å²) in [7, 11) is 2.99. The molecule has 3 aromatic carbocycles. The lowest BCUT2D eigenvalue weighted by atomic mass is 10.1. The molecule has 0 atom stereocenters. The minimum absolute atomic E-state index is 0.00599. The van der Waals surface area contributed by atoms with Crippen molar-refractivity contribution in [3.05, 3.63) is 60.2 Å². The maximum absolute atomic E-state index is 12.3. The molecule has 0 spiro atoms. The van der Waals surface area contributed by atoms with Crippen LogP contribution < -0.4 is 14.8 Å². The first-order valence-corrected chi connectivity index (χ1v) is 8.42. The highest BCUT2D eigenvalue weighted by molar-refractivity contribution is 6.00. The van der Waals surface area contributed by atoms with Gasteiger partial charge in [-0.3, -0.25) is 4.79 Å². The Morgan fingerprint density at radius 2 is 1.68 bits per heavy atom. The molecule has 0 saturated carbocycles. The largest absolute Gasteiger partial charge is 0.507 e. The SMILES string of the molecule is COc1ccc(NC(=O)COC(=O)c2cc3ccccc3cc2O)c(OC)c1. The zero-order chi connectivity index (χ0) is 20.1. The zero-order valence-corrected chi connectivity index (χ0v) is 15.4. The number of hydrogen-bond donors (Lipinski definition) is 2. The van der Waals surface area contributed by atoms with E-state index in [1.54, 1.807) is 18.2 Å². The molecule has 0 aromatic heterocycles. The number of carbonyl (C=O) groups is 2. The lowest BCUT2D eigenvalue weighted by molar-refractivity contribution is -0.119. The van der Waals surface area contributed by atoms with E-state index in [9.17, 15) is 14.7 Å². The van der Waals surface area contributed by atoms with Crippen molar-refractivity contribution in [2.75, 3.05) is 26.1 Å². The average Bonchev–Trinajstić information content (AvgIpc) is 2.71. The van der Waals surface area contributed by atoms with Crippen LogP contribution in [0.5, 0.6) is 17.2 Å². The number of anilines is 1. The first-order valence-electron chi connectivity index (χ1n) is 8.42. The summed E-state index contributed by atoms with van der Waals surface area (Å²) < 4.78 is 15.3. The Hall–Kier alpha value is -3.74. The Bertz CT molecular complexity index is 1030. The first kappa shape index (κ1) is 19.0. The number of amides is 1. The molecule has 0 aliphatic heterocycles. The Balaban J connectivity index is 1.66. The number of rotatable bonds is 6. The number of carbonyl (C=O) groups excluding carboxylic acids is 2. The van der Waals surface area contributed by atoms with Crippen molar-refractivity contribution in [3.63, 3.8) is 0 Å². The molecule has 2 N–H and O–H groups in total. The zero-order valence-electron chi connectivity index (χ0n) is 15.4. The number of nitrogens with one attached hydrogen (secondary N) is 1. The monoisotopic (exact) mass is 381 g/mol. The highest BCUT2D eigenvalue weighted by Gasteiger charge is 2.16. The number of phenolic OH excluding ortho intramolecular Hbond substituents is 1. The van der Waals surface area contributed by atoms with E-state index in [1.807, 2.05) is 24.3 Å². The van der Waals surface area contributed by atoms with E-state index in [1.165, 1.54) is 26.4 Å². The Labute approximate surface area is 161 Å². The van der Waals surface area contributed by atoms with E-state index >= 15 is 0 Å². The standard InChI is InChI=1S/C21H19NO6/c1-26-15-7-8-17(19(11-15)27-2)22-20(24)12-28-21(25)16-9-13-5-3-4-6-14(13)10-18(16)23/h3-11,23H,12H2,1-2H3,(H,22,24). The van der Waals surface area contributed by atoms with E-state index in [2.05, 4.69) is 5.32 Å². The molecule has 7 heteroatoms. The van der Waals surface area contributed by atoms with Gasteiger partial charge in [0.15, 0.2) is 6.61 Å². The Morgan fingerprint density at radius 3 is 2.36 bits per heavy atom. The maximum atomic E-state index is 12.3. The topological polar surface area (TPSA) is 94.1 Å². The van der Waals surface area contributed by atoms with Crippen molar-refractivity contribution in [1.82, 2.24) is 0 Å². The van der Waals surface area contributed by atoms with Crippen molar-refractivity contribution in [1.29, 1.82) is 0 Å². The van der Waals surface area contributed by atoms with Gasteiger partial charge in [-0.2, -0.15) is 0 Å². The van der Waals surface area contributed by atoms with Gasteiger partial charge < -0.3 is 24.6 Å². The third kappa shape index (κ3) is 4.15. The summed E-state index contributed by atoms with van der Waals surface area (Å²) in [5.74, 6) is -0.558. The van der Waals surface area contributed by atoms with Crippen LogP contribution in [0, 0.1) is 0 Å². The van der Waals surface area contributed by atoms with E-state index in [0.29, 0.717) is 17.2 Å². The van der Waals surface area contributed by atoms with E-state index in [-0.39, 0.29) is 11.3 Å². The van der Waals surface area contributed by atoms with Gasteiger partial charge in [0.25, 0.3) is 5.91 Å². The van der Waals surface area contributed by atoms with Crippen molar-refractivity contribution >= 4 is 28.3 Å². The molecule has 3 rings (SSSR count). The van der Waals surface area contributed by atoms with Crippen molar-refractivity contribution in [3.8, 4) is 17.2 Å². The number of ether oxygens (including phenoxy) is 3. The molecule has 3 aromatic rings. The van der Waals surface area contributed by atoms with Gasteiger partial charge >= 0.3 is 5.97 Å². The molecule has 0 aliphatic rings. The van der Waals surface area contributed by atoms with Crippen LogP contribution in [-0.4, -0.2) is 37.8 Å². The van der Waals surface area contributed by atoms with Gasteiger partial charge in [0.1, 0.15) is 22.8 Å². The number of esters is 1. The predicted octanol–water partition coefficient (Wildman–Crippen LogP) is 3.36. The fraction of sp³-hybridized carbons (Fsp3) is 0.143. The summed E-state index contributed by atoms with van der Waals surface area (Å²) in [5, 5.41) is 14.2. The van der Waals surface area contributed by atoms with E-state index in [4.69, 9.17) is 14.2 Å². The van der Waals surface area contributed by atoms with Gasteiger partial charge in [-0.15, -0.1) is 0 Å². The van der Waals surface area contributed by atoms with Crippen molar-refractivity contribution < 1.29 is 28.9 Å². The Morgan fingerprint density at radius 1 is 0.964 bits per heavy atom. The average molecular weight is 381 g/mol. The summed E-state index contributed by atoms with van der Waals surface area (Å²) in [6.07, 6.45) is 0. The summed E-state index contributed by atoms with van der Waals surface area (Å²) in [4.78, 5) is 24.4. The van der Waals surface area contributed by atoms with Crippen LogP contribution >= 0.6 is 0 Å². The molecular formula is C21H19NO6. The fourth-order valence-electron chi connectivity index (χ4n) is 2.69. The van der Waals surface area contributed by atoms with Crippen molar-refractivity contribution in [2.24, 2.45) is 0 Å². The minimum Gasteiger partial charge on any atom is -0.507 e. The third-order valence-corrected chi connectivity index (χ3v) is 4.10. The Kier molecular flexibility index (Phi) is 5.64. The van der Waals surface area contributed by atoms with Crippen LogP contribution in [0.2, 0.25) is 0 Å². The van der Waals surface area contributed by atoms with Gasteiger partial charge in [0.2, 0.25) is 0 Å². The number of hydrogen-bond acceptors (Lipinski definition) is 6. The number of benzene rings is 3. The molecule has 0 unspecified atom stereocenters. The molecule has 144 valence electrons. The van der Waals surface area contributed by atoms with E-state index < -0.39 is 18.5 Å². The highest BCUT2D eigenvalue weighted by atomic mass is 16.5. The molecule has 0 heterocycles. The van der Waals surface area contributed by atoms with Gasteiger partial charge in [0.05, 0.1) is 19.9 Å². The number of methoxy groups -OCH3 is 2. The van der Waals surface area contributed by atoms with Crippen LogP contribution in [0.1, 0.15) is 10.4 Å². The molecule has 0 saturated heterocycles. The molecule has 0 radical (unpaired) electrons. The maximum Gasteiger partial charge on any atom is 0.342 e. The van der Waals surface area contributed by atoms with Crippen LogP contribution in [-0.2, 0) is 9.53 Å². The van der Waals surface area contributed by atoms with Crippen LogP contribution in [0.25, 0.3) is 10.8 Å². The van der Waals surface area contributed by atoms with Crippen LogP contribution in [0.4, 0.5) is 5.69 Å². The highest BCUT2D eigenvalue weighted by Crippen LogP contribution is 2.29. The lowest BCUT2D eigenvalue weighted by Gasteiger charge is -2.12.